The van der Waals surface area contributed by atoms with Gasteiger partial charge in [0.2, 0.25) is 5.91 Å². The summed E-state index contributed by atoms with van der Waals surface area (Å²) < 4.78 is 0. The summed E-state index contributed by atoms with van der Waals surface area (Å²) in [6, 6.07) is 0. The standard InChI is InChI=1S/C15H28N2O3/c1-2-12(9-13(18)19)10-17-14(20)15(11-16)7-5-3-4-6-8-15/h12H,2-11,16H2,1H3,(H,17,20)(H,18,19). The van der Waals surface area contributed by atoms with Gasteiger partial charge in [-0.05, 0) is 18.8 Å². The van der Waals surface area contributed by atoms with Crippen molar-refractivity contribution in [1.82, 2.24) is 5.32 Å². The fourth-order valence-corrected chi connectivity index (χ4v) is 2.96. The molecule has 0 aromatic heterocycles. The normalized spacial score (nSPS) is 19.9. The molecule has 0 heterocycles. The minimum atomic E-state index is -0.811. The van der Waals surface area contributed by atoms with Crippen LogP contribution in [0.5, 0.6) is 0 Å². The highest BCUT2D eigenvalue weighted by molar-refractivity contribution is 5.83. The van der Waals surface area contributed by atoms with E-state index in [0.29, 0.717) is 13.1 Å². The third-order valence-electron chi connectivity index (χ3n) is 4.53. The second kappa shape index (κ2) is 8.25. The van der Waals surface area contributed by atoms with Crippen molar-refractivity contribution in [3.05, 3.63) is 0 Å². The third kappa shape index (κ3) is 4.78. The van der Waals surface area contributed by atoms with E-state index in [1.165, 1.54) is 12.8 Å². The van der Waals surface area contributed by atoms with Gasteiger partial charge in [-0.1, -0.05) is 39.0 Å². The van der Waals surface area contributed by atoms with Crippen molar-refractivity contribution in [3.63, 3.8) is 0 Å². The number of nitrogens with one attached hydrogen (secondary N) is 1. The van der Waals surface area contributed by atoms with Crippen LogP contribution in [0.25, 0.3) is 0 Å². The van der Waals surface area contributed by atoms with Crippen LogP contribution in [-0.4, -0.2) is 30.1 Å². The first kappa shape index (κ1) is 17.0. The summed E-state index contributed by atoms with van der Waals surface area (Å²) in [5, 5.41) is 11.8. The molecule has 0 bridgehead atoms. The minimum absolute atomic E-state index is 0.00273. The van der Waals surface area contributed by atoms with E-state index in [9.17, 15) is 9.59 Å². The Bertz CT molecular complexity index is 323. The minimum Gasteiger partial charge on any atom is -0.481 e. The van der Waals surface area contributed by atoms with Crippen molar-refractivity contribution < 1.29 is 14.7 Å². The van der Waals surface area contributed by atoms with E-state index >= 15 is 0 Å². The van der Waals surface area contributed by atoms with Gasteiger partial charge in [0.1, 0.15) is 0 Å². The smallest absolute Gasteiger partial charge is 0.303 e. The van der Waals surface area contributed by atoms with Crippen molar-refractivity contribution in [3.8, 4) is 0 Å². The van der Waals surface area contributed by atoms with Crippen molar-refractivity contribution in [1.29, 1.82) is 0 Å². The largest absolute Gasteiger partial charge is 0.481 e. The zero-order chi connectivity index (χ0) is 15.0. The monoisotopic (exact) mass is 284 g/mol. The lowest BCUT2D eigenvalue weighted by Crippen LogP contribution is -2.47. The number of hydrogen-bond acceptors (Lipinski definition) is 3. The van der Waals surface area contributed by atoms with Gasteiger partial charge in [-0.15, -0.1) is 0 Å². The highest BCUT2D eigenvalue weighted by Gasteiger charge is 2.37. The number of nitrogens with two attached hydrogens (primary N) is 1. The average molecular weight is 284 g/mol. The fraction of sp³-hybridized carbons (Fsp3) is 0.867. The van der Waals surface area contributed by atoms with E-state index in [1.54, 1.807) is 0 Å². The van der Waals surface area contributed by atoms with Crippen LogP contribution in [-0.2, 0) is 9.59 Å². The molecule has 0 aliphatic heterocycles. The van der Waals surface area contributed by atoms with Gasteiger partial charge in [-0.25, -0.2) is 0 Å². The molecule has 1 unspecified atom stereocenters. The molecule has 116 valence electrons. The Labute approximate surface area is 121 Å². The Balaban J connectivity index is 2.55. The summed E-state index contributed by atoms with van der Waals surface area (Å²) in [5.41, 5.74) is 5.44. The average Bonchev–Trinajstić information content (AvgIpc) is 2.69. The van der Waals surface area contributed by atoms with Gasteiger partial charge in [-0.2, -0.15) is 0 Å². The molecular formula is C15H28N2O3. The third-order valence-corrected chi connectivity index (χ3v) is 4.53. The summed E-state index contributed by atoms with van der Waals surface area (Å²) in [5.74, 6) is -0.795. The zero-order valence-electron chi connectivity index (χ0n) is 12.5. The highest BCUT2D eigenvalue weighted by Crippen LogP contribution is 2.34. The number of rotatable bonds is 7. The van der Waals surface area contributed by atoms with Crippen LogP contribution in [0, 0.1) is 11.3 Å². The van der Waals surface area contributed by atoms with E-state index in [1.807, 2.05) is 6.92 Å². The lowest BCUT2D eigenvalue weighted by atomic mass is 9.79. The second-order valence-corrected chi connectivity index (χ2v) is 5.98. The van der Waals surface area contributed by atoms with Crippen LogP contribution in [0.2, 0.25) is 0 Å². The molecule has 5 heteroatoms. The lowest BCUT2D eigenvalue weighted by molar-refractivity contribution is -0.138. The van der Waals surface area contributed by atoms with Gasteiger partial charge in [0, 0.05) is 19.5 Å². The molecule has 0 radical (unpaired) electrons. The van der Waals surface area contributed by atoms with Crippen LogP contribution in [0.15, 0.2) is 0 Å². The first-order valence-corrected chi connectivity index (χ1v) is 7.74. The molecule has 1 aliphatic rings. The predicted molar refractivity (Wildman–Crippen MR) is 78.2 cm³/mol. The molecular weight excluding hydrogens is 256 g/mol. The van der Waals surface area contributed by atoms with Crippen LogP contribution >= 0.6 is 0 Å². The molecule has 0 aromatic rings. The van der Waals surface area contributed by atoms with E-state index in [0.717, 1.165) is 32.1 Å². The Hall–Kier alpha value is -1.10. The molecule has 1 amide bonds. The topological polar surface area (TPSA) is 92.4 Å². The quantitative estimate of drug-likeness (QED) is 0.623. The van der Waals surface area contributed by atoms with Crippen LogP contribution in [0.1, 0.15) is 58.3 Å². The SMILES string of the molecule is CCC(CNC(=O)C1(CN)CCCCCC1)CC(=O)O. The molecule has 1 atom stereocenters. The molecule has 20 heavy (non-hydrogen) atoms. The molecule has 4 N–H and O–H groups in total. The van der Waals surface area contributed by atoms with Crippen molar-refractivity contribution in [2.75, 3.05) is 13.1 Å². The number of carboxylic acids is 1. The van der Waals surface area contributed by atoms with Crippen LogP contribution in [0.4, 0.5) is 0 Å². The molecule has 1 rings (SSSR count). The molecule has 0 aromatic carbocycles. The Morgan fingerprint density at radius 2 is 1.85 bits per heavy atom. The molecule has 0 saturated heterocycles. The molecule has 5 nitrogen and oxygen atoms in total. The van der Waals surface area contributed by atoms with E-state index in [4.69, 9.17) is 10.8 Å². The number of carboxylic acid groups (broad SMARTS) is 1. The molecule has 1 aliphatic carbocycles. The Morgan fingerprint density at radius 1 is 1.25 bits per heavy atom. The number of amides is 1. The molecule has 0 spiro atoms. The summed E-state index contributed by atoms with van der Waals surface area (Å²) in [4.78, 5) is 23.2. The van der Waals surface area contributed by atoms with Crippen molar-refractivity contribution in [2.45, 2.75) is 58.3 Å². The second-order valence-electron chi connectivity index (χ2n) is 5.98. The fourth-order valence-electron chi connectivity index (χ4n) is 2.96. The van der Waals surface area contributed by atoms with Crippen molar-refractivity contribution >= 4 is 11.9 Å². The number of carbonyl (C=O) groups is 2. The number of hydrogen-bond donors (Lipinski definition) is 3. The van der Waals surface area contributed by atoms with Gasteiger partial charge in [-0.3, -0.25) is 9.59 Å². The van der Waals surface area contributed by atoms with Gasteiger partial charge in [0.15, 0.2) is 0 Å². The first-order valence-electron chi connectivity index (χ1n) is 7.74. The summed E-state index contributed by atoms with van der Waals surface area (Å²) in [6.07, 6.45) is 7.01. The number of carbonyl (C=O) groups excluding carboxylic acids is 1. The Morgan fingerprint density at radius 3 is 2.30 bits per heavy atom. The lowest BCUT2D eigenvalue weighted by Gasteiger charge is -2.30. The van der Waals surface area contributed by atoms with Gasteiger partial charge >= 0.3 is 5.97 Å². The zero-order valence-corrected chi connectivity index (χ0v) is 12.5. The van der Waals surface area contributed by atoms with E-state index in [-0.39, 0.29) is 18.2 Å². The van der Waals surface area contributed by atoms with Crippen LogP contribution in [0.3, 0.4) is 0 Å². The van der Waals surface area contributed by atoms with E-state index < -0.39 is 11.4 Å². The Kier molecular flexibility index (Phi) is 6.99. The summed E-state index contributed by atoms with van der Waals surface area (Å²) in [6.45, 7) is 2.77. The summed E-state index contributed by atoms with van der Waals surface area (Å²) in [7, 11) is 0. The maximum absolute atomic E-state index is 12.5. The van der Waals surface area contributed by atoms with Gasteiger partial charge < -0.3 is 16.2 Å². The van der Waals surface area contributed by atoms with Crippen molar-refractivity contribution in [2.24, 2.45) is 17.1 Å². The molecule has 1 saturated carbocycles. The van der Waals surface area contributed by atoms with Gasteiger partial charge in [0.05, 0.1) is 5.41 Å². The predicted octanol–water partition coefficient (Wildman–Crippen LogP) is 1.90. The highest BCUT2D eigenvalue weighted by atomic mass is 16.4. The van der Waals surface area contributed by atoms with Crippen LogP contribution < -0.4 is 11.1 Å². The van der Waals surface area contributed by atoms with Gasteiger partial charge in [0.25, 0.3) is 0 Å². The number of aliphatic carboxylic acids is 1. The maximum atomic E-state index is 12.5. The van der Waals surface area contributed by atoms with E-state index in [2.05, 4.69) is 5.32 Å². The maximum Gasteiger partial charge on any atom is 0.303 e. The summed E-state index contributed by atoms with van der Waals surface area (Å²) >= 11 is 0. The molecule has 1 fully saturated rings. The first-order chi connectivity index (χ1) is 9.54.